The molecule has 5 heterocycles. The van der Waals surface area contributed by atoms with Crippen LogP contribution in [0, 0.1) is 23.0 Å². The highest BCUT2D eigenvalue weighted by molar-refractivity contribution is 6.76. The van der Waals surface area contributed by atoms with Crippen LogP contribution in [0.5, 0.6) is 6.01 Å². The number of ether oxygens (including phenoxy) is 3. The summed E-state index contributed by atoms with van der Waals surface area (Å²) in [4.78, 5) is 35.1. The van der Waals surface area contributed by atoms with Crippen molar-refractivity contribution in [2.45, 2.75) is 77.9 Å². The molecule has 1 aliphatic heterocycles. The van der Waals surface area contributed by atoms with Crippen molar-refractivity contribution in [2.75, 3.05) is 31.1 Å². The largest absolute Gasteiger partial charge is 0.457 e. The maximum Gasteiger partial charge on any atom is 0.410 e. The minimum Gasteiger partial charge on any atom is -0.457 e. The topological polar surface area (TPSA) is 132 Å². The minimum atomic E-state index is -1.32. The fourth-order valence-corrected chi connectivity index (χ4v) is 8.02. The number of hydrogen-bond donors (Lipinski definition) is 0. The van der Waals surface area contributed by atoms with E-state index in [1.807, 2.05) is 27.7 Å². The third kappa shape index (κ3) is 8.69. The summed E-state index contributed by atoms with van der Waals surface area (Å²) in [5, 5.41) is 10.8. The average molecular weight is 827 g/mol. The molecule has 7 rings (SSSR count). The van der Waals surface area contributed by atoms with E-state index < -0.39 is 37.4 Å². The molecule has 4 aromatic heterocycles. The maximum absolute atomic E-state index is 17.1. The van der Waals surface area contributed by atoms with Crippen LogP contribution in [0.3, 0.4) is 0 Å². The first-order valence-corrected chi connectivity index (χ1v) is 23.2. The molecule has 0 unspecified atom stereocenters. The maximum atomic E-state index is 17.1. The first-order chi connectivity index (χ1) is 27.6. The van der Waals surface area contributed by atoms with Crippen molar-refractivity contribution in [1.29, 1.82) is 5.26 Å². The highest BCUT2D eigenvalue weighted by Crippen LogP contribution is 2.39. The number of aromatic nitrogens is 5. The summed E-state index contributed by atoms with van der Waals surface area (Å²) < 4.78 is 51.9. The molecule has 2 aromatic carbocycles. The molecule has 0 bridgehead atoms. The van der Waals surface area contributed by atoms with Crippen LogP contribution in [-0.2, 0) is 22.8 Å². The van der Waals surface area contributed by atoms with E-state index in [1.54, 1.807) is 56.1 Å². The van der Waals surface area contributed by atoms with Crippen LogP contribution in [0.2, 0.25) is 30.7 Å². The lowest BCUT2D eigenvalue weighted by Gasteiger charge is -2.41. The summed E-state index contributed by atoms with van der Waals surface area (Å²) in [5.74, 6) is -1.12. The lowest BCUT2D eigenvalue weighted by Crippen LogP contribution is -2.56. The number of anilines is 1. The molecular weight excluding hydrogens is 782 g/mol. The van der Waals surface area contributed by atoms with E-state index in [9.17, 15) is 14.4 Å². The normalized spacial score (nSPS) is 15.0. The molecule has 1 aliphatic rings. The fourth-order valence-electron chi connectivity index (χ4n) is 6.99. The number of amides is 1. The van der Waals surface area contributed by atoms with Gasteiger partial charge in [0.25, 0.3) is 0 Å². The molecule has 0 N–H and O–H groups in total. The molecule has 0 aliphatic carbocycles. The second kappa shape index (κ2) is 16.4. The Kier molecular flexibility index (Phi) is 11.5. The van der Waals surface area contributed by atoms with E-state index in [2.05, 4.69) is 40.7 Å². The third-order valence-corrected chi connectivity index (χ3v) is 12.0. The Bertz CT molecular complexity index is 2550. The van der Waals surface area contributed by atoms with Crippen molar-refractivity contribution in [3.05, 3.63) is 83.3 Å². The zero-order chi connectivity index (χ0) is 41.4. The predicted octanol–water partition coefficient (Wildman–Crippen LogP) is 9.36. The number of pyridine rings is 2. The zero-order valence-corrected chi connectivity index (χ0v) is 35.1. The van der Waals surface area contributed by atoms with Crippen LogP contribution >= 0.6 is 11.6 Å². The van der Waals surface area contributed by atoms with E-state index >= 15 is 4.39 Å². The SMILES string of the molecule is CC(C)(C)OC(=O)N1CCN(c2nc(OCc3cc4ncccc4n3COCC[Si](C)(C)C)nc3c(F)c(-c4cccc5ccc(F)c(Cl)c45)ncc23)C[C@@H]1CC#N. The standard InChI is InChI=1S/C42H45ClF2N8O4Si/c1-42(2,3)57-41(54)52-18-17-51(23-27(52)14-15-46)39-30-22-48-37(29-10-7-9-26-12-13-31(44)35(43)34(26)29)36(45)38(30)49-40(50-39)56-24-28-21-32-33(11-8-16-47-32)53(28)25-55-19-20-58(4,5)6/h7-13,16,21-22,27H,14,17-20,23-25H2,1-6H3/t27-/m0/s1. The molecule has 16 heteroatoms. The Balaban J connectivity index is 1.29. The second-order valence-corrected chi connectivity index (χ2v) is 22.5. The van der Waals surface area contributed by atoms with Gasteiger partial charge in [-0.1, -0.05) is 55.5 Å². The lowest BCUT2D eigenvalue weighted by atomic mass is 10.0. The number of nitrogens with zero attached hydrogens (tertiary/aromatic N) is 8. The van der Waals surface area contributed by atoms with Crippen LogP contribution in [0.15, 0.2) is 60.9 Å². The molecule has 0 saturated carbocycles. The lowest BCUT2D eigenvalue weighted by molar-refractivity contribution is 0.0145. The summed E-state index contributed by atoms with van der Waals surface area (Å²) in [6.07, 6.45) is 2.69. The Morgan fingerprint density at radius 1 is 1.07 bits per heavy atom. The summed E-state index contributed by atoms with van der Waals surface area (Å²) in [6.45, 7) is 13.8. The molecule has 6 aromatic rings. The van der Waals surface area contributed by atoms with Gasteiger partial charge in [0, 0.05) is 57.7 Å². The Hall–Kier alpha value is -5.43. The first kappa shape index (κ1) is 40.8. The van der Waals surface area contributed by atoms with E-state index in [4.69, 9.17) is 30.8 Å². The molecule has 58 heavy (non-hydrogen) atoms. The predicted molar refractivity (Wildman–Crippen MR) is 223 cm³/mol. The van der Waals surface area contributed by atoms with Gasteiger partial charge in [0.05, 0.1) is 45.7 Å². The van der Waals surface area contributed by atoms with Gasteiger partial charge < -0.3 is 28.6 Å². The molecule has 1 atom stereocenters. The van der Waals surface area contributed by atoms with Gasteiger partial charge in [-0.05, 0) is 56.5 Å². The van der Waals surface area contributed by atoms with Crippen molar-refractivity contribution in [2.24, 2.45) is 0 Å². The zero-order valence-electron chi connectivity index (χ0n) is 33.4. The molecule has 1 amide bonds. The number of carbonyl (C=O) groups excluding carboxylic acids is 1. The highest BCUT2D eigenvalue weighted by Gasteiger charge is 2.35. The molecular formula is C42H45ClF2N8O4Si. The molecule has 302 valence electrons. The van der Waals surface area contributed by atoms with E-state index in [-0.39, 0.29) is 72.6 Å². The minimum absolute atomic E-state index is 0.0000655. The van der Waals surface area contributed by atoms with Gasteiger partial charge in [-0.15, -0.1) is 0 Å². The number of nitriles is 1. The van der Waals surface area contributed by atoms with Crippen LogP contribution in [0.1, 0.15) is 32.9 Å². The van der Waals surface area contributed by atoms with Gasteiger partial charge in [-0.3, -0.25) is 9.97 Å². The summed E-state index contributed by atoms with van der Waals surface area (Å²) in [6, 6.07) is 16.2. The number of hydrogen-bond acceptors (Lipinski definition) is 10. The van der Waals surface area contributed by atoms with Crippen LogP contribution in [0.25, 0.3) is 44.0 Å². The number of halogens is 3. The summed E-state index contributed by atoms with van der Waals surface area (Å²) >= 11 is 6.46. The van der Waals surface area contributed by atoms with Gasteiger partial charge in [0.2, 0.25) is 0 Å². The van der Waals surface area contributed by atoms with Gasteiger partial charge in [-0.2, -0.15) is 15.2 Å². The average Bonchev–Trinajstić information content (AvgIpc) is 3.53. The van der Waals surface area contributed by atoms with E-state index in [1.165, 1.54) is 12.3 Å². The Labute approximate surface area is 341 Å². The Morgan fingerprint density at radius 2 is 1.88 bits per heavy atom. The Morgan fingerprint density at radius 3 is 2.64 bits per heavy atom. The number of carbonyl (C=O) groups is 1. The van der Waals surface area contributed by atoms with Crippen molar-refractivity contribution in [1.82, 2.24) is 29.4 Å². The van der Waals surface area contributed by atoms with Gasteiger partial charge in [0.1, 0.15) is 41.8 Å². The van der Waals surface area contributed by atoms with Gasteiger partial charge >= 0.3 is 12.1 Å². The molecule has 12 nitrogen and oxygen atoms in total. The van der Waals surface area contributed by atoms with E-state index in [0.717, 1.165) is 22.8 Å². The van der Waals surface area contributed by atoms with Crippen molar-refractivity contribution in [3.8, 4) is 23.3 Å². The van der Waals surface area contributed by atoms with E-state index in [0.29, 0.717) is 23.2 Å². The number of rotatable bonds is 11. The van der Waals surface area contributed by atoms with Crippen LogP contribution in [-0.4, -0.2) is 81.5 Å². The summed E-state index contributed by atoms with van der Waals surface area (Å²) in [5.41, 5.74) is 1.76. The fraction of sp³-hybridized carbons (Fsp3) is 0.381. The first-order valence-electron chi connectivity index (χ1n) is 19.1. The second-order valence-electron chi connectivity index (χ2n) is 16.5. The molecule has 0 spiro atoms. The van der Waals surface area contributed by atoms with Gasteiger partial charge in [-0.25, -0.2) is 13.6 Å². The quantitative estimate of drug-likeness (QED) is 0.0920. The smallest absolute Gasteiger partial charge is 0.410 e. The number of benzene rings is 2. The molecule has 1 saturated heterocycles. The highest BCUT2D eigenvalue weighted by atomic mass is 35.5. The van der Waals surface area contributed by atoms with Crippen molar-refractivity contribution in [3.63, 3.8) is 0 Å². The monoisotopic (exact) mass is 826 g/mol. The third-order valence-electron chi connectivity index (χ3n) is 9.89. The number of fused-ring (bicyclic) bond motifs is 3. The summed E-state index contributed by atoms with van der Waals surface area (Å²) in [7, 11) is -1.32. The molecule has 1 fully saturated rings. The number of piperazine rings is 1. The molecule has 0 radical (unpaired) electrons. The van der Waals surface area contributed by atoms with Crippen molar-refractivity contribution >= 4 is 64.3 Å². The van der Waals surface area contributed by atoms with Gasteiger partial charge in [0.15, 0.2) is 5.82 Å². The van der Waals surface area contributed by atoms with Crippen LogP contribution in [0.4, 0.5) is 19.4 Å². The van der Waals surface area contributed by atoms with Crippen molar-refractivity contribution < 1.29 is 27.8 Å². The van der Waals surface area contributed by atoms with Crippen LogP contribution < -0.4 is 9.64 Å².